The average molecular weight is 341 g/mol. The van der Waals surface area contributed by atoms with Gasteiger partial charge in [-0.05, 0) is 24.3 Å². The number of ether oxygens (including phenoxy) is 3. The van der Waals surface area contributed by atoms with Gasteiger partial charge in [0.1, 0.15) is 0 Å². The Bertz CT molecular complexity index is 755. The van der Waals surface area contributed by atoms with E-state index in [1.165, 1.54) is 51.8 Å². The Kier molecular flexibility index (Phi) is 5.05. The van der Waals surface area contributed by atoms with Crippen molar-refractivity contribution in [3.8, 4) is 17.2 Å². The minimum Gasteiger partial charge on any atom is -0.493 e. The summed E-state index contributed by atoms with van der Waals surface area (Å²) >= 11 is 0. The molecule has 1 unspecified atom stereocenters. The summed E-state index contributed by atoms with van der Waals surface area (Å²) in [6, 6.07) is 6.77. The second kappa shape index (κ2) is 6.82. The molecule has 2 aromatic rings. The van der Waals surface area contributed by atoms with Crippen LogP contribution < -0.4 is 14.2 Å². The normalized spacial score (nSPS) is 12.5. The van der Waals surface area contributed by atoms with Crippen LogP contribution in [0.2, 0.25) is 0 Å². The first-order valence-corrected chi connectivity index (χ1v) is 8.09. The lowest BCUT2D eigenvalue weighted by molar-refractivity contribution is 0.322. The van der Waals surface area contributed by atoms with Gasteiger partial charge in [-0.2, -0.15) is 0 Å². The van der Waals surface area contributed by atoms with E-state index in [2.05, 4.69) is 4.98 Å². The first kappa shape index (κ1) is 17.0. The van der Waals surface area contributed by atoms with Gasteiger partial charge in [-0.1, -0.05) is 6.07 Å². The molecule has 0 radical (unpaired) electrons. The number of pyridine rings is 1. The number of rotatable bonds is 6. The van der Waals surface area contributed by atoms with Crippen molar-refractivity contribution < 1.29 is 27.0 Å². The molecule has 124 valence electrons. The molecule has 8 heteroatoms. The number of methoxy groups -OCH3 is 3. The zero-order valence-electron chi connectivity index (χ0n) is 12.8. The number of sulfone groups is 1. The van der Waals surface area contributed by atoms with Gasteiger partial charge >= 0.3 is 0 Å². The van der Waals surface area contributed by atoms with E-state index in [9.17, 15) is 12.8 Å². The van der Waals surface area contributed by atoms with Crippen LogP contribution in [-0.2, 0) is 9.84 Å². The second-order valence-corrected chi connectivity index (χ2v) is 6.41. The van der Waals surface area contributed by atoms with Crippen molar-refractivity contribution in [3.63, 3.8) is 0 Å². The van der Waals surface area contributed by atoms with E-state index in [4.69, 9.17) is 14.2 Å². The highest BCUT2D eigenvalue weighted by Gasteiger charge is 2.32. The van der Waals surface area contributed by atoms with E-state index in [1.807, 2.05) is 0 Å². The molecule has 1 aromatic heterocycles. The summed E-state index contributed by atoms with van der Waals surface area (Å²) < 4.78 is 54.7. The molecule has 0 spiro atoms. The molecule has 0 bridgehead atoms. The Morgan fingerprint density at radius 1 is 1.04 bits per heavy atom. The van der Waals surface area contributed by atoms with Crippen molar-refractivity contribution in [2.24, 2.45) is 0 Å². The Balaban J connectivity index is 2.53. The van der Waals surface area contributed by atoms with Crippen molar-refractivity contribution in [1.29, 1.82) is 0 Å². The first-order chi connectivity index (χ1) is 11.0. The maximum Gasteiger partial charge on any atom is 0.232 e. The van der Waals surface area contributed by atoms with E-state index in [-0.39, 0.29) is 27.8 Å². The van der Waals surface area contributed by atoms with Crippen molar-refractivity contribution in [2.75, 3.05) is 21.3 Å². The quantitative estimate of drug-likeness (QED) is 0.804. The van der Waals surface area contributed by atoms with E-state index in [0.717, 1.165) is 0 Å². The van der Waals surface area contributed by atoms with Crippen molar-refractivity contribution in [2.45, 2.75) is 10.5 Å². The smallest absolute Gasteiger partial charge is 0.232 e. The molecule has 2 rings (SSSR count). The molecule has 23 heavy (non-hydrogen) atoms. The molecule has 0 saturated carbocycles. The largest absolute Gasteiger partial charge is 0.493 e. The zero-order valence-corrected chi connectivity index (χ0v) is 13.6. The summed E-state index contributed by atoms with van der Waals surface area (Å²) in [6.07, 6.45) is 1.29. The predicted octanol–water partition coefficient (Wildman–Crippen LogP) is 2.55. The molecular weight excluding hydrogens is 325 g/mol. The van der Waals surface area contributed by atoms with Crippen LogP contribution in [0.4, 0.5) is 4.39 Å². The fraction of sp³-hybridized carbons (Fsp3) is 0.267. The van der Waals surface area contributed by atoms with Crippen LogP contribution in [0.15, 0.2) is 41.6 Å². The molecule has 1 atom stereocenters. The molecule has 1 aromatic carbocycles. The zero-order chi connectivity index (χ0) is 17.0. The predicted molar refractivity (Wildman–Crippen MR) is 81.4 cm³/mol. The lowest BCUT2D eigenvalue weighted by Crippen LogP contribution is -2.11. The minimum atomic E-state index is -4.29. The van der Waals surface area contributed by atoms with E-state index >= 15 is 0 Å². The van der Waals surface area contributed by atoms with Crippen molar-refractivity contribution in [3.05, 3.63) is 42.1 Å². The Labute approximate surface area is 133 Å². The van der Waals surface area contributed by atoms with Crippen molar-refractivity contribution in [1.82, 2.24) is 4.98 Å². The standard InChI is InChI=1S/C15H16FNO5S/c1-20-11-8-10(9-12(21-2)14(11)22-3)15(16)23(18,19)13-6-4-5-7-17-13/h4-9,15H,1-3H3. The van der Waals surface area contributed by atoms with Gasteiger partial charge in [-0.3, -0.25) is 0 Å². The molecule has 0 fully saturated rings. The van der Waals surface area contributed by atoms with Gasteiger partial charge in [0.25, 0.3) is 0 Å². The molecular formula is C15H16FNO5S. The van der Waals surface area contributed by atoms with Crippen LogP contribution in [0.1, 0.15) is 11.1 Å². The summed E-state index contributed by atoms with van der Waals surface area (Å²) in [6.45, 7) is 0. The summed E-state index contributed by atoms with van der Waals surface area (Å²) in [7, 11) is -0.166. The molecule has 0 aliphatic carbocycles. The van der Waals surface area contributed by atoms with Gasteiger partial charge in [-0.25, -0.2) is 17.8 Å². The third kappa shape index (κ3) is 3.21. The molecule has 0 saturated heterocycles. The SMILES string of the molecule is COc1cc(C(F)S(=O)(=O)c2ccccn2)cc(OC)c1OC. The monoisotopic (exact) mass is 341 g/mol. The Morgan fingerprint density at radius 3 is 2.09 bits per heavy atom. The summed E-state index contributed by atoms with van der Waals surface area (Å²) in [5.74, 6) is 0.586. The Morgan fingerprint density at radius 2 is 1.65 bits per heavy atom. The maximum absolute atomic E-state index is 14.7. The number of halogens is 1. The highest BCUT2D eigenvalue weighted by Crippen LogP contribution is 2.42. The molecule has 0 aliphatic heterocycles. The highest BCUT2D eigenvalue weighted by molar-refractivity contribution is 7.91. The van der Waals surface area contributed by atoms with Gasteiger partial charge in [0.15, 0.2) is 16.5 Å². The number of alkyl halides is 1. The fourth-order valence-electron chi connectivity index (χ4n) is 2.03. The number of nitrogens with zero attached hydrogens (tertiary/aromatic N) is 1. The van der Waals surface area contributed by atoms with E-state index in [1.54, 1.807) is 6.07 Å². The van der Waals surface area contributed by atoms with Crippen LogP contribution in [-0.4, -0.2) is 34.7 Å². The van der Waals surface area contributed by atoms with Gasteiger partial charge in [0, 0.05) is 11.8 Å². The third-order valence-corrected chi connectivity index (χ3v) is 4.79. The van der Waals surface area contributed by atoms with E-state index < -0.39 is 15.3 Å². The number of hydrogen-bond donors (Lipinski definition) is 0. The van der Waals surface area contributed by atoms with Crippen LogP contribution in [0.3, 0.4) is 0 Å². The maximum atomic E-state index is 14.7. The lowest BCUT2D eigenvalue weighted by Gasteiger charge is -2.16. The van der Waals surface area contributed by atoms with Crippen LogP contribution in [0, 0.1) is 0 Å². The first-order valence-electron chi connectivity index (χ1n) is 6.54. The van der Waals surface area contributed by atoms with E-state index in [0.29, 0.717) is 0 Å². The summed E-state index contributed by atoms with van der Waals surface area (Å²) in [4.78, 5) is 3.70. The molecule has 1 heterocycles. The van der Waals surface area contributed by atoms with Crippen LogP contribution in [0.25, 0.3) is 0 Å². The number of aromatic nitrogens is 1. The van der Waals surface area contributed by atoms with Crippen molar-refractivity contribution >= 4 is 9.84 Å². The topological polar surface area (TPSA) is 74.7 Å². The molecule has 0 aliphatic rings. The van der Waals surface area contributed by atoms with Gasteiger partial charge in [-0.15, -0.1) is 0 Å². The molecule has 6 nitrogen and oxygen atoms in total. The number of benzene rings is 1. The fourth-order valence-corrected chi connectivity index (χ4v) is 3.22. The highest BCUT2D eigenvalue weighted by atomic mass is 32.2. The van der Waals surface area contributed by atoms with Gasteiger partial charge in [0.05, 0.1) is 21.3 Å². The minimum absolute atomic E-state index is 0.134. The second-order valence-electron chi connectivity index (χ2n) is 4.49. The van der Waals surface area contributed by atoms with Crippen LogP contribution >= 0.6 is 0 Å². The summed E-state index contributed by atoms with van der Waals surface area (Å²) in [5.41, 5.74) is -2.45. The Hall–Kier alpha value is -2.35. The molecule has 0 amide bonds. The average Bonchev–Trinajstić information content (AvgIpc) is 2.60. The summed E-state index contributed by atoms with van der Waals surface area (Å²) in [5, 5.41) is -0.346. The lowest BCUT2D eigenvalue weighted by atomic mass is 10.2. The number of hydrogen-bond acceptors (Lipinski definition) is 6. The van der Waals surface area contributed by atoms with Gasteiger partial charge < -0.3 is 14.2 Å². The van der Waals surface area contributed by atoms with Crippen LogP contribution in [0.5, 0.6) is 17.2 Å². The third-order valence-electron chi connectivity index (χ3n) is 3.15. The van der Waals surface area contributed by atoms with Gasteiger partial charge in [0.2, 0.25) is 21.1 Å². The molecule has 0 N–H and O–H groups in total.